The maximum absolute atomic E-state index is 12.2. The molecule has 27 heavy (non-hydrogen) atoms. The highest BCUT2D eigenvalue weighted by Crippen LogP contribution is 2.28. The van der Waals surface area contributed by atoms with Crippen LogP contribution in [0.1, 0.15) is 36.1 Å². The number of esters is 2. The second-order valence-electron chi connectivity index (χ2n) is 6.98. The maximum Gasteiger partial charge on any atom is 0.348 e. The molecule has 0 spiro atoms. The average molecular weight is 366 g/mol. The molecular weight excluding hydrogens is 344 g/mol. The van der Waals surface area contributed by atoms with E-state index < -0.39 is 17.7 Å². The molecule has 0 amide bonds. The molecule has 2 aromatic rings. The van der Waals surface area contributed by atoms with Gasteiger partial charge in [-0.2, -0.15) is 0 Å². The Morgan fingerprint density at radius 3 is 2.07 bits per heavy atom. The predicted octanol–water partition coefficient (Wildman–Crippen LogP) is 4.10. The Kier molecular flexibility index (Phi) is 5.04. The zero-order valence-electron chi connectivity index (χ0n) is 15.9. The fourth-order valence-corrected chi connectivity index (χ4v) is 2.91. The normalized spacial score (nSPS) is 15.8. The molecule has 0 unspecified atom stereocenters. The van der Waals surface area contributed by atoms with E-state index in [2.05, 4.69) is 0 Å². The van der Waals surface area contributed by atoms with Gasteiger partial charge in [-0.05, 0) is 54.3 Å². The van der Waals surface area contributed by atoms with Crippen molar-refractivity contribution in [1.29, 1.82) is 0 Å². The molecular formula is C22H22O5. The number of rotatable bonds is 4. The molecule has 1 saturated heterocycles. The molecule has 0 atom stereocenters. The standard InChI is InChI=1S/C22H22O5/c1-14-10-17(25-13-16-8-6-5-7-9-16)11-15(2)18(14)12-19-20(23)26-22(3,4)27-21(19)24/h5-12H,13H2,1-4H3. The Balaban J connectivity index is 1.83. The first-order valence-electron chi connectivity index (χ1n) is 8.71. The molecule has 2 aromatic carbocycles. The average Bonchev–Trinajstić information content (AvgIpc) is 2.58. The lowest BCUT2D eigenvalue weighted by Crippen LogP contribution is -2.41. The van der Waals surface area contributed by atoms with Crippen LogP contribution in [0.4, 0.5) is 0 Å². The van der Waals surface area contributed by atoms with Crippen LogP contribution in [0.2, 0.25) is 0 Å². The van der Waals surface area contributed by atoms with Gasteiger partial charge in [0.2, 0.25) is 0 Å². The summed E-state index contributed by atoms with van der Waals surface area (Å²) in [6, 6.07) is 13.7. The number of ether oxygens (including phenoxy) is 3. The van der Waals surface area contributed by atoms with Crippen molar-refractivity contribution in [3.05, 3.63) is 70.3 Å². The number of carbonyl (C=O) groups is 2. The lowest BCUT2D eigenvalue weighted by atomic mass is 9.99. The molecule has 0 saturated carbocycles. The van der Waals surface area contributed by atoms with Gasteiger partial charge in [-0.3, -0.25) is 0 Å². The number of hydrogen-bond acceptors (Lipinski definition) is 5. The van der Waals surface area contributed by atoms with E-state index in [0.717, 1.165) is 28.0 Å². The van der Waals surface area contributed by atoms with E-state index in [1.54, 1.807) is 0 Å². The van der Waals surface area contributed by atoms with Gasteiger partial charge in [-0.15, -0.1) is 0 Å². The quantitative estimate of drug-likeness (QED) is 0.463. The van der Waals surface area contributed by atoms with Crippen LogP contribution in [0.25, 0.3) is 6.08 Å². The molecule has 3 rings (SSSR count). The molecule has 1 aliphatic rings. The zero-order valence-corrected chi connectivity index (χ0v) is 15.9. The minimum Gasteiger partial charge on any atom is -0.489 e. The van der Waals surface area contributed by atoms with Crippen LogP contribution in [0.5, 0.6) is 5.75 Å². The van der Waals surface area contributed by atoms with E-state index in [1.807, 2.05) is 56.3 Å². The van der Waals surface area contributed by atoms with Crippen LogP contribution in [0, 0.1) is 13.8 Å². The van der Waals surface area contributed by atoms with Gasteiger partial charge in [0.05, 0.1) is 0 Å². The molecule has 0 bridgehead atoms. The van der Waals surface area contributed by atoms with E-state index in [4.69, 9.17) is 14.2 Å². The first kappa shape index (κ1) is 18.7. The van der Waals surface area contributed by atoms with Gasteiger partial charge >= 0.3 is 11.9 Å². The first-order chi connectivity index (χ1) is 12.7. The second-order valence-corrected chi connectivity index (χ2v) is 6.98. The summed E-state index contributed by atoms with van der Waals surface area (Å²) in [6.07, 6.45) is 1.52. The highest BCUT2D eigenvalue weighted by molar-refractivity contribution is 6.19. The smallest absolute Gasteiger partial charge is 0.348 e. The summed E-state index contributed by atoms with van der Waals surface area (Å²) in [5.74, 6) is -1.88. The van der Waals surface area contributed by atoms with Crippen molar-refractivity contribution in [1.82, 2.24) is 0 Å². The third-order valence-electron chi connectivity index (χ3n) is 4.22. The largest absolute Gasteiger partial charge is 0.489 e. The van der Waals surface area contributed by atoms with Crippen LogP contribution in [-0.4, -0.2) is 17.7 Å². The Hall–Kier alpha value is -3.08. The fourth-order valence-electron chi connectivity index (χ4n) is 2.91. The Morgan fingerprint density at radius 1 is 0.963 bits per heavy atom. The number of cyclic esters (lactones) is 2. The van der Waals surface area contributed by atoms with Gasteiger partial charge in [0.25, 0.3) is 5.79 Å². The zero-order chi connectivity index (χ0) is 19.6. The van der Waals surface area contributed by atoms with Gasteiger partial charge in [-0.1, -0.05) is 30.3 Å². The molecule has 0 radical (unpaired) electrons. The van der Waals surface area contributed by atoms with Gasteiger partial charge in [0.15, 0.2) is 0 Å². The first-order valence-corrected chi connectivity index (χ1v) is 8.71. The highest BCUT2D eigenvalue weighted by Gasteiger charge is 2.39. The fraction of sp³-hybridized carbons (Fsp3) is 0.273. The topological polar surface area (TPSA) is 61.8 Å². The van der Waals surface area contributed by atoms with Gasteiger partial charge in [-0.25, -0.2) is 9.59 Å². The van der Waals surface area contributed by atoms with Crippen molar-refractivity contribution >= 4 is 18.0 Å². The monoisotopic (exact) mass is 366 g/mol. The number of hydrogen-bond donors (Lipinski definition) is 0. The van der Waals surface area contributed by atoms with E-state index >= 15 is 0 Å². The van der Waals surface area contributed by atoms with Crippen molar-refractivity contribution in [2.24, 2.45) is 0 Å². The molecule has 5 heteroatoms. The van der Waals surface area contributed by atoms with E-state index in [0.29, 0.717) is 6.61 Å². The summed E-state index contributed by atoms with van der Waals surface area (Å²) in [6.45, 7) is 7.31. The van der Waals surface area contributed by atoms with Crippen molar-refractivity contribution < 1.29 is 23.8 Å². The molecule has 0 aromatic heterocycles. The third-order valence-corrected chi connectivity index (χ3v) is 4.22. The molecule has 1 fully saturated rings. The van der Waals surface area contributed by atoms with Crippen LogP contribution in [0.3, 0.4) is 0 Å². The Labute approximate surface area is 158 Å². The number of carbonyl (C=O) groups excluding carboxylic acids is 2. The van der Waals surface area contributed by atoms with E-state index in [1.165, 1.54) is 19.9 Å². The summed E-state index contributed by atoms with van der Waals surface area (Å²) in [5.41, 5.74) is 3.51. The Bertz CT molecular complexity index is 865. The van der Waals surface area contributed by atoms with Gasteiger partial charge in [0, 0.05) is 13.8 Å². The van der Waals surface area contributed by atoms with Crippen molar-refractivity contribution in [2.45, 2.75) is 40.1 Å². The summed E-state index contributed by atoms with van der Waals surface area (Å²) in [7, 11) is 0. The van der Waals surface area contributed by atoms with Crippen molar-refractivity contribution in [2.75, 3.05) is 0 Å². The summed E-state index contributed by atoms with van der Waals surface area (Å²) in [4.78, 5) is 24.3. The van der Waals surface area contributed by atoms with Gasteiger partial charge < -0.3 is 14.2 Å². The third kappa shape index (κ3) is 4.37. The van der Waals surface area contributed by atoms with Crippen LogP contribution < -0.4 is 4.74 Å². The molecule has 1 aliphatic heterocycles. The molecule has 5 nitrogen and oxygen atoms in total. The SMILES string of the molecule is Cc1cc(OCc2ccccc2)cc(C)c1C=C1C(=O)OC(C)(C)OC1=O. The number of aryl methyl sites for hydroxylation is 2. The minimum atomic E-state index is -1.25. The summed E-state index contributed by atoms with van der Waals surface area (Å²) < 4.78 is 16.2. The highest BCUT2D eigenvalue weighted by atomic mass is 16.7. The second kappa shape index (κ2) is 7.27. The lowest BCUT2D eigenvalue weighted by molar-refractivity contribution is -0.222. The molecule has 0 aliphatic carbocycles. The summed E-state index contributed by atoms with van der Waals surface area (Å²) in [5, 5.41) is 0. The molecule has 140 valence electrons. The van der Waals surface area contributed by atoms with Gasteiger partial charge in [0.1, 0.15) is 17.9 Å². The summed E-state index contributed by atoms with van der Waals surface area (Å²) >= 11 is 0. The minimum absolute atomic E-state index is 0.113. The Morgan fingerprint density at radius 2 is 1.52 bits per heavy atom. The van der Waals surface area contributed by atoms with Crippen LogP contribution >= 0.6 is 0 Å². The van der Waals surface area contributed by atoms with E-state index in [9.17, 15) is 9.59 Å². The maximum atomic E-state index is 12.2. The molecule has 1 heterocycles. The van der Waals surface area contributed by atoms with E-state index in [-0.39, 0.29) is 5.57 Å². The molecule has 0 N–H and O–H groups in total. The van der Waals surface area contributed by atoms with Crippen LogP contribution in [0.15, 0.2) is 48.0 Å². The predicted molar refractivity (Wildman–Crippen MR) is 101 cm³/mol. The van der Waals surface area contributed by atoms with Crippen LogP contribution in [-0.2, 0) is 25.7 Å². The van der Waals surface area contributed by atoms with Crippen molar-refractivity contribution in [3.8, 4) is 5.75 Å². The lowest BCUT2D eigenvalue weighted by Gasteiger charge is -2.29. The van der Waals surface area contributed by atoms with Crippen molar-refractivity contribution in [3.63, 3.8) is 0 Å². The number of benzene rings is 2.